The average Bonchev–Trinajstić information content (AvgIpc) is 2.36. The fourth-order valence-corrected chi connectivity index (χ4v) is 1.64. The van der Waals surface area contributed by atoms with Gasteiger partial charge in [-0.2, -0.15) is 0 Å². The number of esters is 1. The second-order valence-electron chi connectivity index (χ2n) is 4.85. The van der Waals surface area contributed by atoms with E-state index >= 15 is 0 Å². The molecule has 5 nitrogen and oxygen atoms in total. The molecule has 112 valence electrons. The monoisotopic (exact) mass is 271 g/mol. The van der Waals surface area contributed by atoms with E-state index in [0.717, 1.165) is 25.3 Å². The third-order valence-corrected chi connectivity index (χ3v) is 2.93. The molecule has 0 bridgehead atoms. The van der Waals surface area contributed by atoms with Crippen LogP contribution in [0.15, 0.2) is 4.99 Å². The molecule has 0 radical (unpaired) electrons. The Morgan fingerprint density at radius 3 is 2.32 bits per heavy atom. The Kier molecular flexibility index (Phi) is 9.94. The van der Waals surface area contributed by atoms with E-state index in [2.05, 4.69) is 29.5 Å². The second kappa shape index (κ2) is 10.6. The summed E-state index contributed by atoms with van der Waals surface area (Å²) in [6.07, 6.45) is 2.60. The molecule has 0 saturated heterocycles. The lowest BCUT2D eigenvalue weighted by Gasteiger charge is -2.16. The van der Waals surface area contributed by atoms with E-state index in [0.29, 0.717) is 18.9 Å². The molecule has 0 atom stereocenters. The first-order valence-electron chi connectivity index (χ1n) is 7.17. The molecule has 0 spiro atoms. The van der Waals surface area contributed by atoms with E-state index in [1.807, 2.05) is 13.8 Å². The summed E-state index contributed by atoms with van der Waals surface area (Å²) in [6, 6.07) is 0. The van der Waals surface area contributed by atoms with Gasteiger partial charge in [0, 0.05) is 20.1 Å². The molecular weight excluding hydrogens is 242 g/mol. The minimum atomic E-state index is -0.182. The fraction of sp³-hybridized carbons (Fsp3) is 0.857. The SMILES string of the molecule is CCC(CC)CNC(=NC)NCCC(=O)OC(C)C. The van der Waals surface area contributed by atoms with Crippen LogP contribution in [0.3, 0.4) is 0 Å². The largest absolute Gasteiger partial charge is 0.463 e. The zero-order valence-corrected chi connectivity index (χ0v) is 13.0. The summed E-state index contributed by atoms with van der Waals surface area (Å²) in [4.78, 5) is 15.5. The summed E-state index contributed by atoms with van der Waals surface area (Å²) in [5.74, 6) is 1.21. The summed E-state index contributed by atoms with van der Waals surface area (Å²) in [7, 11) is 1.73. The Morgan fingerprint density at radius 1 is 1.21 bits per heavy atom. The number of aliphatic imine (C=N–C) groups is 1. The van der Waals surface area contributed by atoms with E-state index in [9.17, 15) is 4.79 Å². The molecule has 0 amide bonds. The minimum absolute atomic E-state index is 0.0557. The van der Waals surface area contributed by atoms with Gasteiger partial charge >= 0.3 is 5.97 Å². The minimum Gasteiger partial charge on any atom is -0.463 e. The van der Waals surface area contributed by atoms with Gasteiger partial charge in [-0.05, 0) is 19.8 Å². The quantitative estimate of drug-likeness (QED) is 0.402. The van der Waals surface area contributed by atoms with Crippen molar-refractivity contribution in [3.63, 3.8) is 0 Å². The normalized spacial score (nSPS) is 11.8. The first-order chi connectivity index (χ1) is 9.03. The first-order valence-corrected chi connectivity index (χ1v) is 7.17. The molecule has 5 heteroatoms. The highest BCUT2D eigenvalue weighted by Gasteiger charge is 2.07. The molecular formula is C14H29N3O2. The molecule has 19 heavy (non-hydrogen) atoms. The molecule has 0 aliphatic rings. The average molecular weight is 271 g/mol. The third-order valence-electron chi connectivity index (χ3n) is 2.93. The van der Waals surface area contributed by atoms with Crippen LogP contribution in [0.5, 0.6) is 0 Å². The topological polar surface area (TPSA) is 62.7 Å². The van der Waals surface area contributed by atoms with Gasteiger partial charge in [-0.15, -0.1) is 0 Å². The Morgan fingerprint density at radius 2 is 1.84 bits per heavy atom. The van der Waals surface area contributed by atoms with Gasteiger partial charge in [-0.3, -0.25) is 9.79 Å². The summed E-state index contributed by atoms with van der Waals surface area (Å²) in [5.41, 5.74) is 0. The van der Waals surface area contributed by atoms with Crippen molar-refractivity contribution in [1.29, 1.82) is 0 Å². The summed E-state index contributed by atoms with van der Waals surface area (Å²) in [6.45, 7) is 9.52. The maximum Gasteiger partial charge on any atom is 0.307 e. The summed E-state index contributed by atoms with van der Waals surface area (Å²) >= 11 is 0. The predicted octanol–water partition coefficient (Wildman–Crippen LogP) is 1.93. The Labute approximate surface area is 117 Å². The molecule has 0 unspecified atom stereocenters. The summed E-state index contributed by atoms with van der Waals surface area (Å²) < 4.78 is 5.06. The van der Waals surface area contributed by atoms with E-state index in [-0.39, 0.29) is 12.1 Å². The number of rotatable bonds is 8. The zero-order valence-electron chi connectivity index (χ0n) is 13.0. The molecule has 0 rings (SSSR count). The van der Waals surface area contributed by atoms with Crippen molar-refractivity contribution < 1.29 is 9.53 Å². The maximum absolute atomic E-state index is 11.4. The first kappa shape index (κ1) is 17.7. The smallest absolute Gasteiger partial charge is 0.307 e. The van der Waals surface area contributed by atoms with Gasteiger partial charge in [-0.25, -0.2) is 0 Å². The molecule has 0 aliphatic carbocycles. The van der Waals surface area contributed by atoms with Crippen molar-refractivity contribution in [1.82, 2.24) is 10.6 Å². The lowest BCUT2D eigenvalue weighted by molar-refractivity contribution is -0.147. The Bertz CT molecular complexity index is 274. The standard InChI is InChI=1S/C14H29N3O2/c1-6-12(7-2)10-17-14(15-5)16-9-8-13(18)19-11(3)4/h11-12H,6-10H2,1-5H3,(H2,15,16,17). The van der Waals surface area contributed by atoms with Crippen LogP contribution in [0, 0.1) is 5.92 Å². The molecule has 0 saturated carbocycles. The highest BCUT2D eigenvalue weighted by molar-refractivity contribution is 5.80. The van der Waals surface area contributed by atoms with E-state index < -0.39 is 0 Å². The van der Waals surface area contributed by atoms with Crippen LogP contribution in [0.4, 0.5) is 0 Å². The lowest BCUT2D eigenvalue weighted by atomic mass is 10.0. The number of carbonyl (C=O) groups excluding carboxylic acids is 1. The number of guanidine groups is 1. The lowest BCUT2D eigenvalue weighted by Crippen LogP contribution is -2.40. The van der Waals surface area contributed by atoms with Crippen LogP contribution in [0.25, 0.3) is 0 Å². The predicted molar refractivity (Wildman–Crippen MR) is 79.3 cm³/mol. The second-order valence-corrected chi connectivity index (χ2v) is 4.85. The molecule has 0 aromatic carbocycles. The van der Waals surface area contributed by atoms with Crippen LogP contribution >= 0.6 is 0 Å². The van der Waals surface area contributed by atoms with Crippen LogP contribution in [0.2, 0.25) is 0 Å². The van der Waals surface area contributed by atoms with E-state index in [1.165, 1.54) is 0 Å². The van der Waals surface area contributed by atoms with Crippen LogP contribution in [-0.2, 0) is 9.53 Å². The molecule has 2 N–H and O–H groups in total. The van der Waals surface area contributed by atoms with Crippen molar-refractivity contribution >= 4 is 11.9 Å². The van der Waals surface area contributed by atoms with Crippen LogP contribution in [0.1, 0.15) is 47.0 Å². The number of hydrogen-bond donors (Lipinski definition) is 2. The number of hydrogen-bond acceptors (Lipinski definition) is 3. The number of nitrogens with zero attached hydrogens (tertiary/aromatic N) is 1. The molecule has 0 aromatic rings. The van der Waals surface area contributed by atoms with Gasteiger partial charge < -0.3 is 15.4 Å². The van der Waals surface area contributed by atoms with E-state index in [4.69, 9.17) is 4.74 Å². The fourth-order valence-electron chi connectivity index (χ4n) is 1.64. The zero-order chi connectivity index (χ0) is 14.7. The van der Waals surface area contributed by atoms with Gasteiger partial charge in [0.1, 0.15) is 0 Å². The Balaban J connectivity index is 3.86. The number of nitrogens with one attached hydrogen (secondary N) is 2. The van der Waals surface area contributed by atoms with Gasteiger partial charge in [0.2, 0.25) is 0 Å². The highest BCUT2D eigenvalue weighted by Crippen LogP contribution is 2.04. The van der Waals surface area contributed by atoms with Crippen molar-refractivity contribution in [2.75, 3.05) is 20.1 Å². The van der Waals surface area contributed by atoms with E-state index in [1.54, 1.807) is 7.05 Å². The maximum atomic E-state index is 11.4. The summed E-state index contributed by atoms with van der Waals surface area (Å²) in [5, 5.41) is 6.39. The van der Waals surface area contributed by atoms with Gasteiger partial charge in [0.25, 0.3) is 0 Å². The van der Waals surface area contributed by atoms with Gasteiger partial charge in [0.05, 0.1) is 12.5 Å². The van der Waals surface area contributed by atoms with Crippen LogP contribution < -0.4 is 10.6 Å². The third kappa shape index (κ3) is 9.33. The van der Waals surface area contributed by atoms with Crippen molar-refractivity contribution in [2.45, 2.75) is 53.1 Å². The van der Waals surface area contributed by atoms with Crippen molar-refractivity contribution in [3.8, 4) is 0 Å². The number of ether oxygens (including phenoxy) is 1. The van der Waals surface area contributed by atoms with Gasteiger partial charge in [0.15, 0.2) is 5.96 Å². The molecule has 0 fully saturated rings. The van der Waals surface area contributed by atoms with Gasteiger partial charge in [-0.1, -0.05) is 26.7 Å². The molecule has 0 heterocycles. The van der Waals surface area contributed by atoms with Crippen LogP contribution in [-0.4, -0.2) is 38.2 Å². The molecule has 0 aromatic heterocycles. The Hall–Kier alpha value is -1.26. The van der Waals surface area contributed by atoms with Crippen molar-refractivity contribution in [2.24, 2.45) is 10.9 Å². The van der Waals surface area contributed by atoms with Crippen molar-refractivity contribution in [3.05, 3.63) is 0 Å². The number of carbonyl (C=O) groups is 1. The highest BCUT2D eigenvalue weighted by atomic mass is 16.5. The molecule has 0 aliphatic heterocycles.